The van der Waals surface area contributed by atoms with Crippen molar-refractivity contribution in [3.8, 4) is 0 Å². The van der Waals surface area contributed by atoms with Crippen LogP contribution in [0, 0.1) is 5.92 Å². The van der Waals surface area contributed by atoms with E-state index in [2.05, 4.69) is 15.2 Å². The monoisotopic (exact) mass is 342 g/mol. The fraction of sp³-hybridized carbons (Fsp3) is 0.526. The lowest BCUT2D eigenvalue weighted by Gasteiger charge is -2.35. The average molecular weight is 342 g/mol. The Bertz CT molecular complexity index is 851. The first-order valence-corrected chi connectivity index (χ1v) is 8.79. The Morgan fingerprint density at radius 2 is 2.00 bits per heavy atom. The Kier molecular flexibility index (Phi) is 4.54. The maximum absolute atomic E-state index is 12.6. The van der Waals surface area contributed by atoms with Crippen molar-refractivity contribution in [3.63, 3.8) is 0 Å². The summed E-state index contributed by atoms with van der Waals surface area (Å²) in [5, 5.41) is 3.68. The molecule has 0 saturated carbocycles. The quantitative estimate of drug-likeness (QED) is 0.907. The molecule has 1 amide bonds. The number of amides is 1. The molecule has 1 aliphatic rings. The van der Waals surface area contributed by atoms with Crippen LogP contribution in [0.25, 0.3) is 10.9 Å². The van der Waals surface area contributed by atoms with E-state index < -0.39 is 0 Å². The summed E-state index contributed by atoms with van der Waals surface area (Å²) >= 11 is 0. The third kappa shape index (κ3) is 3.67. The van der Waals surface area contributed by atoms with Gasteiger partial charge in [0.05, 0.1) is 16.8 Å². The van der Waals surface area contributed by atoms with E-state index in [1.807, 2.05) is 39.0 Å². The number of fused-ring (bicyclic) bond motifs is 1. The summed E-state index contributed by atoms with van der Waals surface area (Å²) in [5.41, 5.74) is 0.400. The predicted octanol–water partition coefficient (Wildman–Crippen LogP) is 2.06. The topological polar surface area (TPSA) is 67.2 Å². The predicted molar refractivity (Wildman–Crippen MR) is 99.8 cm³/mol. The van der Waals surface area contributed by atoms with Crippen LogP contribution in [0.15, 0.2) is 29.1 Å². The highest BCUT2D eigenvalue weighted by Crippen LogP contribution is 2.23. The SMILES string of the molecule is Cn1c(N2CCCC(C(=O)NC(C)(C)C)C2)nc2ccccc2c1=O. The zero-order valence-corrected chi connectivity index (χ0v) is 15.4. The highest BCUT2D eigenvalue weighted by atomic mass is 16.2. The van der Waals surface area contributed by atoms with Gasteiger partial charge in [0, 0.05) is 25.7 Å². The van der Waals surface area contributed by atoms with Crippen molar-refractivity contribution in [3.05, 3.63) is 34.6 Å². The van der Waals surface area contributed by atoms with Crippen molar-refractivity contribution in [2.24, 2.45) is 13.0 Å². The number of carbonyl (C=O) groups is 1. The maximum atomic E-state index is 12.6. The molecule has 6 heteroatoms. The molecular formula is C19H26N4O2. The van der Waals surface area contributed by atoms with E-state index >= 15 is 0 Å². The molecule has 2 aromatic rings. The third-order valence-electron chi connectivity index (χ3n) is 4.53. The minimum absolute atomic E-state index is 0.0538. The van der Waals surface area contributed by atoms with Crippen LogP contribution in [0.5, 0.6) is 0 Å². The number of aromatic nitrogens is 2. The van der Waals surface area contributed by atoms with E-state index in [0.29, 0.717) is 23.4 Å². The fourth-order valence-corrected chi connectivity index (χ4v) is 3.33. The number of benzene rings is 1. The zero-order valence-electron chi connectivity index (χ0n) is 15.4. The van der Waals surface area contributed by atoms with E-state index in [0.717, 1.165) is 19.4 Å². The van der Waals surface area contributed by atoms with Crippen molar-refractivity contribution in [1.29, 1.82) is 0 Å². The van der Waals surface area contributed by atoms with Crippen molar-refractivity contribution >= 4 is 22.8 Å². The molecule has 0 radical (unpaired) electrons. The van der Waals surface area contributed by atoms with Gasteiger partial charge in [-0.25, -0.2) is 4.98 Å². The first-order valence-electron chi connectivity index (χ1n) is 8.79. The van der Waals surface area contributed by atoms with Crippen LogP contribution in [0.3, 0.4) is 0 Å². The standard InChI is InChI=1S/C19H26N4O2/c1-19(2,3)21-16(24)13-8-7-11-23(12-13)18-20-15-10-6-5-9-14(15)17(25)22(18)4/h5-6,9-10,13H,7-8,11-12H2,1-4H3,(H,21,24). The third-order valence-corrected chi connectivity index (χ3v) is 4.53. The number of piperidine rings is 1. The van der Waals surface area contributed by atoms with Gasteiger partial charge in [0.15, 0.2) is 0 Å². The highest BCUT2D eigenvalue weighted by molar-refractivity contribution is 5.81. The Hall–Kier alpha value is -2.37. The second-order valence-electron chi connectivity index (χ2n) is 7.82. The van der Waals surface area contributed by atoms with Gasteiger partial charge in [-0.15, -0.1) is 0 Å². The molecule has 1 fully saturated rings. The minimum atomic E-state index is -0.243. The molecule has 2 heterocycles. The zero-order chi connectivity index (χ0) is 18.2. The van der Waals surface area contributed by atoms with Gasteiger partial charge >= 0.3 is 0 Å². The van der Waals surface area contributed by atoms with Crippen molar-refractivity contribution < 1.29 is 4.79 Å². The van der Waals surface area contributed by atoms with Crippen molar-refractivity contribution in [2.45, 2.75) is 39.2 Å². The van der Waals surface area contributed by atoms with Gasteiger partial charge in [0.2, 0.25) is 11.9 Å². The normalized spacial score (nSPS) is 18.4. The Balaban J connectivity index is 1.89. The van der Waals surface area contributed by atoms with E-state index in [1.54, 1.807) is 17.7 Å². The van der Waals surface area contributed by atoms with Gasteiger partial charge in [-0.1, -0.05) is 12.1 Å². The number of nitrogens with one attached hydrogen (secondary N) is 1. The van der Waals surface area contributed by atoms with Crippen LogP contribution >= 0.6 is 0 Å². The number of carbonyl (C=O) groups excluding carboxylic acids is 1. The lowest BCUT2D eigenvalue weighted by atomic mass is 9.96. The van der Waals surface area contributed by atoms with E-state index in [1.165, 1.54) is 0 Å². The van der Waals surface area contributed by atoms with Crippen LogP contribution in [-0.4, -0.2) is 34.1 Å². The lowest BCUT2D eigenvalue weighted by Crippen LogP contribution is -2.49. The fourth-order valence-electron chi connectivity index (χ4n) is 3.33. The maximum Gasteiger partial charge on any atom is 0.262 e. The summed E-state index contributed by atoms with van der Waals surface area (Å²) in [6, 6.07) is 7.38. The molecule has 1 aromatic carbocycles. The van der Waals surface area contributed by atoms with Gasteiger partial charge in [0.25, 0.3) is 5.56 Å². The summed E-state index contributed by atoms with van der Waals surface area (Å²) in [7, 11) is 1.75. The number of para-hydroxylation sites is 1. The highest BCUT2D eigenvalue weighted by Gasteiger charge is 2.29. The van der Waals surface area contributed by atoms with Gasteiger partial charge < -0.3 is 10.2 Å². The summed E-state index contributed by atoms with van der Waals surface area (Å²) in [6.07, 6.45) is 1.77. The molecule has 3 rings (SSSR count). The Labute approximate surface area is 147 Å². The lowest BCUT2D eigenvalue weighted by molar-refractivity contribution is -0.126. The molecule has 1 N–H and O–H groups in total. The van der Waals surface area contributed by atoms with Crippen LogP contribution in [-0.2, 0) is 11.8 Å². The molecule has 1 aromatic heterocycles. The molecule has 6 nitrogen and oxygen atoms in total. The van der Waals surface area contributed by atoms with Crippen LogP contribution < -0.4 is 15.8 Å². The summed E-state index contributed by atoms with van der Waals surface area (Å²) in [5.74, 6) is 0.622. The molecule has 1 atom stereocenters. The number of hydrogen-bond acceptors (Lipinski definition) is 4. The summed E-state index contributed by atoms with van der Waals surface area (Å²) < 4.78 is 1.59. The number of hydrogen-bond donors (Lipinski definition) is 1. The smallest absolute Gasteiger partial charge is 0.262 e. The van der Waals surface area contributed by atoms with Gasteiger partial charge in [-0.3, -0.25) is 14.2 Å². The summed E-state index contributed by atoms with van der Waals surface area (Å²) in [4.78, 5) is 31.9. The largest absolute Gasteiger partial charge is 0.351 e. The minimum Gasteiger partial charge on any atom is -0.351 e. The second kappa shape index (κ2) is 6.50. The molecule has 1 aliphatic heterocycles. The molecule has 1 unspecified atom stereocenters. The molecule has 0 spiro atoms. The molecule has 0 aliphatic carbocycles. The number of anilines is 1. The summed E-state index contributed by atoms with van der Waals surface area (Å²) in [6.45, 7) is 7.35. The molecule has 134 valence electrons. The average Bonchev–Trinajstić information content (AvgIpc) is 2.57. The number of nitrogens with zero attached hydrogens (tertiary/aromatic N) is 3. The first kappa shape index (κ1) is 17.5. The molecule has 1 saturated heterocycles. The molecule has 0 bridgehead atoms. The van der Waals surface area contributed by atoms with Gasteiger partial charge in [-0.05, 0) is 45.7 Å². The van der Waals surface area contributed by atoms with Gasteiger partial charge in [-0.2, -0.15) is 0 Å². The second-order valence-corrected chi connectivity index (χ2v) is 7.82. The number of rotatable bonds is 2. The van der Waals surface area contributed by atoms with E-state index in [-0.39, 0.29) is 22.9 Å². The Morgan fingerprint density at radius 1 is 1.28 bits per heavy atom. The van der Waals surface area contributed by atoms with Crippen molar-refractivity contribution in [2.75, 3.05) is 18.0 Å². The van der Waals surface area contributed by atoms with E-state index in [9.17, 15) is 9.59 Å². The first-order chi connectivity index (χ1) is 11.8. The molecular weight excluding hydrogens is 316 g/mol. The Morgan fingerprint density at radius 3 is 2.72 bits per heavy atom. The molecule has 25 heavy (non-hydrogen) atoms. The van der Waals surface area contributed by atoms with Crippen molar-refractivity contribution in [1.82, 2.24) is 14.9 Å². The van der Waals surface area contributed by atoms with Crippen LogP contribution in [0.1, 0.15) is 33.6 Å². The van der Waals surface area contributed by atoms with Crippen LogP contribution in [0.4, 0.5) is 5.95 Å². The van der Waals surface area contributed by atoms with E-state index in [4.69, 9.17) is 0 Å². The van der Waals surface area contributed by atoms with Crippen LogP contribution in [0.2, 0.25) is 0 Å². The van der Waals surface area contributed by atoms with Gasteiger partial charge in [0.1, 0.15) is 0 Å².